The summed E-state index contributed by atoms with van der Waals surface area (Å²) in [7, 11) is 1.83. The average Bonchev–Trinajstić information content (AvgIpc) is 1.97. The van der Waals surface area contributed by atoms with E-state index in [0.29, 0.717) is 5.92 Å². The molecule has 0 heterocycles. The molecule has 88 valence electrons. The van der Waals surface area contributed by atoms with E-state index in [1.807, 2.05) is 10.4 Å². The number of aliphatic hydroxyl groups excluding tert-OH is 1. The van der Waals surface area contributed by atoms with Crippen LogP contribution in [0.15, 0.2) is 0 Å². The van der Waals surface area contributed by atoms with Crippen molar-refractivity contribution in [2.75, 3.05) is 7.05 Å². The van der Waals surface area contributed by atoms with Crippen LogP contribution in [0.2, 0.25) is 0 Å². The predicted octanol–water partition coefficient (Wildman–Crippen LogP) is 0.630. The molecule has 0 saturated heterocycles. The third kappa shape index (κ3) is 5.78. The number of carboxylic acids is 1. The Morgan fingerprint density at radius 3 is 2.29 bits per heavy atom. The van der Waals surface area contributed by atoms with Crippen LogP contribution in [0, 0.1) is 5.92 Å². The molecule has 0 aliphatic heterocycles. The number of nitrogens with zero attached hydrogens (tertiary/aromatic N) is 1. The van der Waals surface area contributed by atoms with Crippen LogP contribution in [-0.4, -0.2) is 38.7 Å². The number of hydrogen-bond donors (Lipinski definition) is 2. The van der Waals surface area contributed by atoms with Gasteiger partial charge in [-0.3, -0.25) is 0 Å². The van der Waals surface area contributed by atoms with Crippen molar-refractivity contribution in [3.63, 3.8) is 0 Å². The van der Waals surface area contributed by atoms with E-state index in [4.69, 9.17) is 5.11 Å². The van der Waals surface area contributed by atoms with Gasteiger partial charge in [0, 0.05) is 0 Å². The molecule has 0 aromatic carbocycles. The Labute approximate surface area is 97.5 Å². The SMILES string of the molecule is CC(C)C[C@@H]([C@@H](O)CC(=O)O)[N](C)[Au]. The molecule has 4 nitrogen and oxygen atoms in total. The first kappa shape index (κ1) is 14.1. The van der Waals surface area contributed by atoms with E-state index in [2.05, 4.69) is 35.2 Å². The number of rotatable bonds is 6. The number of hydrogen-bond acceptors (Lipinski definition) is 3. The van der Waals surface area contributed by atoms with Crippen molar-refractivity contribution >= 4 is 5.97 Å². The number of carboxylic acid groups (broad SMARTS) is 1. The van der Waals surface area contributed by atoms with Crippen LogP contribution in [0.4, 0.5) is 0 Å². The first-order chi connectivity index (χ1) is 6.34. The van der Waals surface area contributed by atoms with Gasteiger partial charge in [0.1, 0.15) is 0 Å². The zero-order chi connectivity index (χ0) is 11.3. The van der Waals surface area contributed by atoms with E-state index >= 15 is 0 Å². The third-order valence-electron chi connectivity index (χ3n) is 1.97. The van der Waals surface area contributed by atoms with E-state index in [-0.39, 0.29) is 12.5 Å². The van der Waals surface area contributed by atoms with Gasteiger partial charge < -0.3 is 0 Å². The normalized spacial score (nSPS) is 16.0. The maximum absolute atomic E-state index is 10.4. The number of carbonyl (C=O) groups is 1. The molecule has 0 saturated carbocycles. The first-order valence-electron chi connectivity index (χ1n) is 4.59. The summed E-state index contributed by atoms with van der Waals surface area (Å²) in [5.41, 5.74) is 0. The molecule has 0 radical (unpaired) electrons. The van der Waals surface area contributed by atoms with Gasteiger partial charge in [0.2, 0.25) is 0 Å². The zero-order valence-electron chi connectivity index (χ0n) is 8.70. The molecule has 0 aliphatic carbocycles. The Kier molecular flexibility index (Phi) is 6.65. The fourth-order valence-electron chi connectivity index (χ4n) is 1.32. The van der Waals surface area contributed by atoms with Gasteiger partial charge in [-0.25, -0.2) is 0 Å². The van der Waals surface area contributed by atoms with Gasteiger partial charge >= 0.3 is 97.4 Å². The Morgan fingerprint density at radius 1 is 1.50 bits per heavy atom. The van der Waals surface area contributed by atoms with Crippen molar-refractivity contribution in [3.8, 4) is 0 Å². The van der Waals surface area contributed by atoms with Crippen LogP contribution in [0.5, 0.6) is 0 Å². The Hall–Kier alpha value is 0.130. The molecule has 0 fully saturated rings. The fourth-order valence-corrected chi connectivity index (χ4v) is 1.92. The van der Waals surface area contributed by atoms with Crippen LogP contribution in [0.1, 0.15) is 26.7 Å². The second kappa shape index (κ2) is 6.58. The summed E-state index contributed by atoms with van der Waals surface area (Å²) in [4.78, 5) is 10.4. The maximum atomic E-state index is 10.4. The molecule has 14 heavy (non-hydrogen) atoms. The summed E-state index contributed by atoms with van der Waals surface area (Å²) in [5, 5.41) is 18.2. The molecule has 0 rings (SSSR count). The van der Waals surface area contributed by atoms with E-state index in [1.165, 1.54) is 0 Å². The Balaban J connectivity index is 4.25. The summed E-state index contributed by atoms with van der Waals surface area (Å²) < 4.78 is 1.83. The summed E-state index contributed by atoms with van der Waals surface area (Å²) in [5.74, 6) is -0.516. The molecule has 0 amide bonds. The number of aliphatic hydroxyl groups is 1. The molecular weight excluding hydrogens is 367 g/mol. The molecule has 0 bridgehead atoms. The molecule has 0 aromatic heterocycles. The van der Waals surface area contributed by atoms with Crippen molar-refractivity contribution in [3.05, 3.63) is 0 Å². The number of aliphatic carboxylic acids is 1. The molecule has 2 N–H and O–H groups in total. The van der Waals surface area contributed by atoms with E-state index in [0.717, 1.165) is 6.42 Å². The van der Waals surface area contributed by atoms with Crippen molar-refractivity contribution in [2.24, 2.45) is 5.92 Å². The topological polar surface area (TPSA) is 60.8 Å². The van der Waals surface area contributed by atoms with Gasteiger partial charge in [-0.2, -0.15) is 0 Å². The summed E-state index contributed by atoms with van der Waals surface area (Å²) in [6.07, 6.45) is -0.202. The third-order valence-corrected chi connectivity index (χ3v) is 2.69. The quantitative estimate of drug-likeness (QED) is 0.659. The van der Waals surface area contributed by atoms with Crippen LogP contribution < -0.4 is 0 Å². The predicted molar refractivity (Wildman–Crippen MR) is 49.3 cm³/mol. The zero-order valence-corrected chi connectivity index (χ0v) is 10.9. The molecule has 2 atom stereocenters. The van der Waals surface area contributed by atoms with Crippen molar-refractivity contribution < 1.29 is 36.3 Å². The van der Waals surface area contributed by atoms with Crippen LogP contribution in [0.25, 0.3) is 0 Å². The Morgan fingerprint density at radius 2 is 2.00 bits per heavy atom. The summed E-state index contributed by atoms with van der Waals surface area (Å²) in [6, 6.07) is -0.102. The second-order valence-electron chi connectivity index (χ2n) is 3.83. The van der Waals surface area contributed by atoms with Crippen molar-refractivity contribution in [1.82, 2.24) is 3.30 Å². The van der Waals surface area contributed by atoms with Crippen LogP contribution in [0.3, 0.4) is 0 Å². The van der Waals surface area contributed by atoms with E-state index in [9.17, 15) is 9.90 Å². The van der Waals surface area contributed by atoms with Gasteiger partial charge in [-0.15, -0.1) is 0 Å². The fraction of sp³-hybridized carbons (Fsp3) is 0.889. The van der Waals surface area contributed by atoms with E-state index in [1.54, 1.807) is 0 Å². The summed E-state index contributed by atoms with van der Waals surface area (Å²) >= 11 is 2.27. The van der Waals surface area contributed by atoms with Crippen molar-refractivity contribution in [2.45, 2.75) is 38.8 Å². The first-order valence-corrected chi connectivity index (χ1v) is 5.56. The molecule has 0 aliphatic rings. The standard InChI is InChI=1S/C9H18NO3.Au/c1-6(2)4-7(10-3)8(11)5-9(12)13;/h6-8,11H,4-5H2,1-3H3,(H,12,13);/q-1;+1/t7-,8-;/m0./s1. The van der Waals surface area contributed by atoms with Crippen LogP contribution in [-0.2, 0) is 26.1 Å². The van der Waals surface area contributed by atoms with Gasteiger partial charge in [0.15, 0.2) is 0 Å². The average molecular weight is 385 g/mol. The van der Waals surface area contributed by atoms with Gasteiger partial charge in [-0.05, 0) is 0 Å². The Bertz CT molecular complexity index is 185. The molecule has 5 heteroatoms. The van der Waals surface area contributed by atoms with E-state index < -0.39 is 12.1 Å². The molecule has 0 aromatic rings. The molecule has 0 spiro atoms. The minimum absolute atomic E-state index is 0.102. The van der Waals surface area contributed by atoms with Crippen LogP contribution >= 0.6 is 0 Å². The minimum atomic E-state index is -0.957. The molecule has 0 unspecified atom stereocenters. The number of likely N-dealkylation sites (N-methyl/N-ethyl adjacent to an activating group) is 1. The molecular formula is C9H18AuNO3. The monoisotopic (exact) mass is 385 g/mol. The summed E-state index contributed by atoms with van der Waals surface area (Å²) in [6.45, 7) is 4.11. The van der Waals surface area contributed by atoms with Gasteiger partial charge in [-0.1, -0.05) is 0 Å². The second-order valence-corrected chi connectivity index (χ2v) is 5.36. The van der Waals surface area contributed by atoms with Gasteiger partial charge in [0.25, 0.3) is 0 Å². The van der Waals surface area contributed by atoms with Crippen molar-refractivity contribution in [1.29, 1.82) is 0 Å². The van der Waals surface area contributed by atoms with Gasteiger partial charge in [0.05, 0.1) is 0 Å².